The Morgan fingerprint density at radius 1 is 1.47 bits per heavy atom. The van der Waals surface area contributed by atoms with Crippen LogP contribution in [0.15, 0.2) is 6.20 Å². The van der Waals surface area contributed by atoms with Gasteiger partial charge in [0.15, 0.2) is 0 Å². The molecule has 0 unspecified atom stereocenters. The average molecular weight is 239 g/mol. The van der Waals surface area contributed by atoms with E-state index in [4.69, 9.17) is 4.74 Å². The van der Waals surface area contributed by atoms with Crippen LogP contribution >= 0.6 is 0 Å². The fourth-order valence-electron chi connectivity index (χ4n) is 1.45. The quantitative estimate of drug-likeness (QED) is 0.749. The van der Waals surface area contributed by atoms with Crippen molar-refractivity contribution in [3.8, 4) is 0 Å². The summed E-state index contributed by atoms with van der Waals surface area (Å²) >= 11 is 0. The highest BCUT2D eigenvalue weighted by molar-refractivity contribution is 5.96. The van der Waals surface area contributed by atoms with Crippen molar-refractivity contribution in [1.29, 1.82) is 0 Å². The van der Waals surface area contributed by atoms with Gasteiger partial charge in [0.05, 0.1) is 17.9 Å². The Hall–Kier alpha value is -1.85. The maximum Gasteiger partial charge on any atom is 0.325 e. The fraction of sp³-hybridized carbons (Fsp3) is 0.545. The first-order valence-electron chi connectivity index (χ1n) is 5.54. The molecular formula is C11H17N3O3. The van der Waals surface area contributed by atoms with Crippen LogP contribution < -0.4 is 5.32 Å². The fourth-order valence-corrected chi connectivity index (χ4v) is 1.45. The third-order valence-electron chi connectivity index (χ3n) is 2.18. The number of hydrogen-bond donors (Lipinski definition) is 1. The molecular weight excluding hydrogens is 222 g/mol. The summed E-state index contributed by atoms with van der Waals surface area (Å²) in [7, 11) is 1.75. The van der Waals surface area contributed by atoms with Crippen LogP contribution in [0.25, 0.3) is 0 Å². The minimum Gasteiger partial charge on any atom is -0.465 e. The van der Waals surface area contributed by atoms with Crippen LogP contribution in [0.1, 0.15) is 29.9 Å². The molecule has 0 bridgehead atoms. The number of ether oxygens (including phenoxy) is 1. The van der Waals surface area contributed by atoms with Gasteiger partial charge in [-0.1, -0.05) is 6.92 Å². The Kier molecular flexibility index (Phi) is 4.68. The van der Waals surface area contributed by atoms with E-state index in [2.05, 4.69) is 10.4 Å². The Morgan fingerprint density at radius 3 is 2.76 bits per heavy atom. The van der Waals surface area contributed by atoms with E-state index in [1.165, 1.54) is 0 Å². The number of hydrogen-bond acceptors (Lipinski definition) is 4. The lowest BCUT2D eigenvalue weighted by atomic mass is 10.2. The molecule has 6 heteroatoms. The molecule has 0 fully saturated rings. The van der Waals surface area contributed by atoms with Gasteiger partial charge in [0.25, 0.3) is 5.91 Å². The number of nitrogens with one attached hydrogen (secondary N) is 1. The number of carbonyl (C=O) groups is 2. The number of aryl methyl sites for hydroxylation is 2. The van der Waals surface area contributed by atoms with Crippen molar-refractivity contribution in [2.45, 2.75) is 20.3 Å². The minimum absolute atomic E-state index is 0.120. The van der Waals surface area contributed by atoms with E-state index < -0.39 is 5.97 Å². The normalized spacial score (nSPS) is 10.1. The summed E-state index contributed by atoms with van der Waals surface area (Å²) < 4.78 is 6.30. The van der Waals surface area contributed by atoms with E-state index in [9.17, 15) is 9.59 Å². The molecule has 94 valence electrons. The van der Waals surface area contributed by atoms with Gasteiger partial charge in [-0.3, -0.25) is 14.3 Å². The zero-order valence-electron chi connectivity index (χ0n) is 10.3. The Labute approximate surface area is 99.9 Å². The van der Waals surface area contributed by atoms with E-state index in [-0.39, 0.29) is 12.5 Å². The van der Waals surface area contributed by atoms with E-state index in [0.717, 1.165) is 0 Å². The Morgan fingerprint density at radius 2 is 2.18 bits per heavy atom. The summed E-state index contributed by atoms with van der Waals surface area (Å²) in [5.41, 5.74) is 1.22. The summed E-state index contributed by atoms with van der Waals surface area (Å²) in [5.74, 6) is -0.745. The van der Waals surface area contributed by atoms with Gasteiger partial charge in [-0.05, 0) is 13.3 Å². The summed E-state index contributed by atoms with van der Waals surface area (Å²) in [5, 5.41) is 6.66. The molecule has 1 N–H and O–H groups in total. The highest BCUT2D eigenvalue weighted by Crippen LogP contribution is 2.06. The van der Waals surface area contributed by atoms with Crippen molar-refractivity contribution in [3.05, 3.63) is 17.5 Å². The molecule has 1 aromatic rings. The molecule has 0 aliphatic carbocycles. The molecule has 0 aromatic carbocycles. The molecule has 0 aliphatic rings. The first kappa shape index (κ1) is 13.2. The van der Waals surface area contributed by atoms with E-state index in [1.807, 2.05) is 6.92 Å². The molecule has 0 aliphatic heterocycles. The molecule has 0 saturated carbocycles. The topological polar surface area (TPSA) is 73.2 Å². The van der Waals surface area contributed by atoms with E-state index >= 15 is 0 Å². The molecule has 0 spiro atoms. The monoisotopic (exact) mass is 239 g/mol. The third kappa shape index (κ3) is 3.58. The van der Waals surface area contributed by atoms with Crippen molar-refractivity contribution in [1.82, 2.24) is 15.1 Å². The van der Waals surface area contributed by atoms with Gasteiger partial charge >= 0.3 is 5.97 Å². The third-order valence-corrected chi connectivity index (χ3v) is 2.18. The largest absolute Gasteiger partial charge is 0.465 e. The standard InChI is InChI=1S/C11H17N3O3/c1-4-9-8(7-14(3)13-9)11(16)12-6-10(15)17-5-2/h7H,4-6H2,1-3H3,(H,12,16). The van der Waals surface area contributed by atoms with Crippen molar-refractivity contribution >= 4 is 11.9 Å². The SMILES string of the molecule is CCOC(=O)CNC(=O)c1cn(C)nc1CC. The van der Waals surface area contributed by atoms with Crippen LogP contribution in [-0.2, 0) is 23.0 Å². The van der Waals surface area contributed by atoms with Gasteiger partial charge in [0.2, 0.25) is 0 Å². The molecule has 0 saturated heterocycles. The van der Waals surface area contributed by atoms with Crippen LogP contribution in [0.3, 0.4) is 0 Å². The highest BCUT2D eigenvalue weighted by Gasteiger charge is 2.15. The first-order valence-corrected chi connectivity index (χ1v) is 5.54. The van der Waals surface area contributed by atoms with Gasteiger partial charge in [-0.2, -0.15) is 5.10 Å². The number of rotatable bonds is 5. The molecule has 6 nitrogen and oxygen atoms in total. The van der Waals surface area contributed by atoms with Crippen LogP contribution in [-0.4, -0.2) is 34.8 Å². The lowest BCUT2D eigenvalue weighted by molar-refractivity contribution is -0.141. The van der Waals surface area contributed by atoms with Crippen LogP contribution in [0.2, 0.25) is 0 Å². The Bertz CT molecular complexity index is 412. The van der Waals surface area contributed by atoms with Crippen molar-refractivity contribution < 1.29 is 14.3 Å². The van der Waals surface area contributed by atoms with Crippen LogP contribution in [0.4, 0.5) is 0 Å². The predicted molar refractivity (Wildman–Crippen MR) is 61.6 cm³/mol. The maximum absolute atomic E-state index is 11.8. The molecule has 1 amide bonds. The van der Waals surface area contributed by atoms with Gasteiger partial charge in [-0.15, -0.1) is 0 Å². The summed E-state index contributed by atoms with van der Waals surface area (Å²) in [6.07, 6.45) is 2.31. The van der Waals surface area contributed by atoms with E-state index in [0.29, 0.717) is 24.3 Å². The number of amides is 1. The van der Waals surface area contributed by atoms with Crippen molar-refractivity contribution in [2.75, 3.05) is 13.2 Å². The van der Waals surface area contributed by atoms with Gasteiger partial charge in [-0.25, -0.2) is 0 Å². The number of esters is 1. The second-order valence-electron chi connectivity index (χ2n) is 3.50. The summed E-state index contributed by atoms with van der Waals surface area (Å²) in [6.45, 7) is 3.83. The maximum atomic E-state index is 11.8. The van der Waals surface area contributed by atoms with Crippen molar-refractivity contribution in [2.24, 2.45) is 7.05 Å². The van der Waals surface area contributed by atoms with Gasteiger partial charge in [0, 0.05) is 13.2 Å². The van der Waals surface area contributed by atoms with Gasteiger partial charge < -0.3 is 10.1 Å². The minimum atomic E-state index is -0.442. The zero-order chi connectivity index (χ0) is 12.8. The molecule has 1 aromatic heterocycles. The van der Waals surface area contributed by atoms with E-state index in [1.54, 1.807) is 24.9 Å². The van der Waals surface area contributed by atoms with Crippen LogP contribution in [0.5, 0.6) is 0 Å². The number of nitrogens with zero attached hydrogens (tertiary/aromatic N) is 2. The first-order chi connectivity index (χ1) is 8.08. The molecule has 1 rings (SSSR count). The lowest BCUT2D eigenvalue weighted by Gasteiger charge is -2.04. The summed E-state index contributed by atoms with van der Waals surface area (Å²) in [6, 6.07) is 0. The molecule has 0 atom stereocenters. The van der Waals surface area contributed by atoms with Crippen molar-refractivity contribution in [3.63, 3.8) is 0 Å². The number of carbonyl (C=O) groups excluding carboxylic acids is 2. The lowest BCUT2D eigenvalue weighted by Crippen LogP contribution is -2.30. The second kappa shape index (κ2) is 6.03. The second-order valence-corrected chi connectivity index (χ2v) is 3.50. The number of aromatic nitrogens is 2. The summed E-state index contributed by atoms with van der Waals surface area (Å²) in [4.78, 5) is 22.9. The smallest absolute Gasteiger partial charge is 0.325 e. The van der Waals surface area contributed by atoms with Gasteiger partial charge in [0.1, 0.15) is 6.54 Å². The highest BCUT2D eigenvalue weighted by atomic mass is 16.5. The molecule has 17 heavy (non-hydrogen) atoms. The van der Waals surface area contributed by atoms with Crippen LogP contribution in [0, 0.1) is 0 Å². The average Bonchev–Trinajstić information content (AvgIpc) is 2.68. The molecule has 1 heterocycles. The Balaban J connectivity index is 2.60. The zero-order valence-corrected chi connectivity index (χ0v) is 10.3. The molecule has 0 radical (unpaired) electrons. The predicted octanol–water partition coefficient (Wildman–Crippen LogP) is 0.275.